The molecule has 0 radical (unpaired) electrons. The summed E-state index contributed by atoms with van der Waals surface area (Å²) in [6.07, 6.45) is 2.88. The van der Waals surface area contributed by atoms with E-state index < -0.39 is 11.7 Å². The molecule has 3 aromatic rings. The van der Waals surface area contributed by atoms with Crippen molar-refractivity contribution in [1.29, 1.82) is 0 Å². The van der Waals surface area contributed by atoms with E-state index in [0.29, 0.717) is 16.9 Å². The fraction of sp³-hybridized carbons (Fsp3) is 0.250. The van der Waals surface area contributed by atoms with Crippen LogP contribution < -0.4 is 24.4 Å². The molecule has 0 spiro atoms. The summed E-state index contributed by atoms with van der Waals surface area (Å²) < 4.78 is 33.5. The molecule has 144 valence electrons. The van der Waals surface area contributed by atoms with Crippen LogP contribution in [0.5, 0.6) is 28.7 Å². The van der Waals surface area contributed by atoms with Gasteiger partial charge in [-0.3, -0.25) is 4.79 Å². The third-order valence-corrected chi connectivity index (χ3v) is 5.10. The first-order chi connectivity index (χ1) is 13.6. The first-order valence-corrected chi connectivity index (χ1v) is 8.53. The molecule has 5 rings (SSSR count). The van der Waals surface area contributed by atoms with Crippen LogP contribution in [0.3, 0.4) is 0 Å². The van der Waals surface area contributed by atoms with E-state index >= 15 is 0 Å². The summed E-state index contributed by atoms with van der Waals surface area (Å²) in [6.45, 7) is 0. The lowest BCUT2D eigenvalue weighted by atomic mass is 9.97. The molecule has 0 fully saturated rings. The first-order valence-electron chi connectivity index (χ1n) is 8.53. The van der Waals surface area contributed by atoms with Gasteiger partial charge in [-0.15, -0.1) is 0 Å². The van der Waals surface area contributed by atoms with Crippen molar-refractivity contribution in [2.24, 2.45) is 0 Å². The van der Waals surface area contributed by atoms with Crippen molar-refractivity contribution in [3.63, 3.8) is 0 Å². The van der Waals surface area contributed by atoms with E-state index in [-0.39, 0.29) is 45.3 Å². The third kappa shape index (κ3) is 1.97. The zero-order chi connectivity index (χ0) is 19.6. The highest BCUT2D eigenvalue weighted by atomic mass is 16.7. The Bertz CT molecular complexity index is 1220. The van der Waals surface area contributed by atoms with E-state index in [4.69, 9.17) is 28.1 Å². The molecule has 2 atom stereocenters. The second-order valence-electron chi connectivity index (χ2n) is 6.44. The smallest absolute Gasteiger partial charge is 0.250 e. The van der Waals surface area contributed by atoms with Crippen molar-refractivity contribution in [1.82, 2.24) is 0 Å². The topological polar surface area (TPSA) is 96.6 Å². The van der Waals surface area contributed by atoms with Crippen LogP contribution in [0, 0.1) is 0 Å². The molecule has 0 saturated carbocycles. The number of hydrogen-bond acceptors (Lipinski definition) is 8. The van der Waals surface area contributed by atoms with Gasteiger partial charge in [-0.05, 0) is 6.08 Å². The fourth-order valence-corrected chi connectivity index (χ4v) is 3.86. The quantitative estimate of drug-likeness (QED) is 0.689. The van der Waals surface area contributed by atoms with Crippen LogP contribution in [0.15, 0.2) is 33.7 Å². The number of benzene rings is 2. The van der Waals surface area contributed by atoms with Gasteiger partial charge in [0.05, 0.1) is 39.1 Å². The second-order valence-corrected chi connectivity index (χ2v) is 6.44. The first kappa shape index (κ1) is 16.6. The Hall–Kier alpha value is -3.55. The van der Waals surface area contributed by atoms with Gasteiger partial charge < -0.3 is 33.2 Å². The highest BCUT2D eigenvalue weighted by molar-refractivity contribution is 6.01. The van der Waals surface area contributed by atoms with Gasteiger partial charge in [0.1, 0.15) is 33.6 Å². The average Bonchev–Trinajstić information content (AvgIpc) is 3.27. The summed E-state index contributed by atoms with van der Waals surface area (Å²) in [5, 5.41) is 10.7. The van der Waals surface area contributed by atoms with Crippen molar-refractivity contribution in [3.8, 4) is 28.7 Å². The second kappa shape index (κ2) is 5.72. The molecule has 8 nitrogen and oxygen atoms in total. The molecule has 2 aliphatic heterocycles. The average molecular weight is 384 g/mol. The number of methoxy groups -OCH3 is 3. The van der Waals surface area contributed by atoms with Crippen molar-refractivity contribution in [2.75, 3.05) is 21.3 Å². The molecule has 1 aromatic heterocycles. The maximum Gasteiger partial charge on any atom is 0.250 e. The normalized spacial score (nSPS) is 19.2. The maximum absolute atomic E-state index is 13.4. The Labute approximate surface area is 158 Å². The van der Waals surface area contributed by atoms with Gasteiger partial charge in [-0.1, -0.05) is 0 Å². The van der Waals surface area contributed by atoms with E-state index in [1.807, 2.05) is 6.08 Å². The number of phenolic OH excluding ortho intramolecular Hbond substituents is 1. The monoisotopic (exact) mass is 384 g/mol. The molecule has 0 amide bonds. The SMILES string of the molecule is COc1cc(O)c2c(=O)c3c(OC)cc4c(c3oc2c1OC)C1C=CO[C@@H]1O4. The molecule has 2 aliphatic rings. The van der Waals surface area contributed by atoms with Crippen LogP contribution in [-0.4, -0.2) is 32.7 Å². The van der Waals surface area contributed by atoms with E-state index in [1.54, 1.807) is 12.3 Å². The number of ether oxygens (including phenoxy) is 5. The summed E-state index contributed by atoms with van der Waals surface area (Å²) >= 11 is 0. The summed E-state index contributed by atoms with van der Waals surface area (Å²) in [4.78, 5) is 13.4. The molecule has 3 heterocycles. The lowest BCUT2D eigenvalue weighted by Crippen LogP contribution is -2.14. The van der Waals surface area contributed by atoms with Crippen LogP contribution in [0.2, 0.25) is 0 Å². The van der Waals surface area contributed by atoms with Crippen LogP contribution in [-0.2, 0) is 4.74 Å². The van der Waals surface area contributed by atoms with E-state index in [1.165, 1.54) is 27.4 Å². The van der Waals surface area contributed by atoms with Gasteiger partial charge in [0.2, 0.25) is 11.2 Å². The summed E-state index contributed by atoms with van der Waals surface area (Å²) in [5.41, 5.74) is 0.609. The maximum atomic E-state index is 13.4. The van der Waals surface area contributed by atoms with Crippen molar-refractivity contribution in [2.45, 2.75) is 12.2 Å². The van der Waals surface area contributed by atoms with Crippen LogP contribution >= 0.6 is 0 Å². The number of rotatable bonds is 3. The number of aromatic hydroxyl groups is 1. The predicted molar refractivity (Wildman–Crippen MR) is 98.7 cm³/mol. The Morgan fingerprint density at radius 3 is 2.50 bits per heavy atom. The Morgan fingerprint density at radius 2 is 1.79 bits per heavy atom. The number of hydrogen-bond donors (Lipinski definition) is 1. The molecule has 2 aromatic carbocycles. The van der Waals surface area contributed by atoms with Crippen LogP contribution in [0.1, 0.15) is 11.5 Å². The minimum Gasteiger partial charge on any atom is -0.507 e. The largest absolute Gasteiger partial charge is 0.507 e. The molecule has 0 bridgehead atoms. The van der Waals surface area contributed by atoms with Crippen LogP contribution in [0.25, 0.3) is 21.9 Å². The lowest BCUT2D eigenvalue weighted by molar-refractivity contribution is -0.00484. The van der Waals surface area contributed by atoms with Gasteiger partial charge in [-0.25, -0.2) is 0 Å². The van der Waals surface area contributed by atoms with Gasteiger partial charge >= 0.3 is 0 Å². The summed E-state index contributed by atoms with van der Waals surface area (Å²) in [7, 11) is 4.31. The van der Waals surface area contributed by atoms with Crippen LogP contribution in [0.4, 0.5) is 0 Å². The predicted octanol–water partition coefficient (Wildman–Crippen LogP) is 3.02. The van der Waals surface area contributed by atoms with Gasteiger partial charge in [0, 0.05) is 12.1 Å². The van der Waals surface area contributed by atoms with Gasteiger partial charge in [0.25, 0.3) is 6.29 Å². The number of fused-ring (bicyclic) bond motifs is 6. The van der Waals surface area contributed by atoms with Gasteiger partial charge in [0.15, 0.2) is 11.3 Å². The highest BCUT2D eigenvalue weighted by Crippen LogP contribution is 2.50. The molecule has 0 saturated heterocycles. The molecule has 1 unspecified atom stereocenters. The minimum absolute atomic E-state index is 0.0166. The molecule has 28 heavy (non-hydrogen) atoms. The van der Waals surface area contributed by atoms with E-state index in [0.717, 1.165) is 0 Å². The molecular formula is C20H16O8. The Kier molecular flexibility index (Phi) is 3.39. The zero-order valence-electron chi connectivity index (χ0n) is 15.3. The van der Waals surface area contributed by atoms with E-state index in [2.05, 4.69) is 0 Å². The lowest BCUT2D eigenvalue weighted by Gasteiger charge is -2.14. The van der Waals surface area contributed by atoms with E-state index in [9.17, 15) is 9.90 Å². The summed E-state index contributed by atoms with van der Waals surface area (Å²) in [5.74, 6) is 0.741. The molecule has 1 N–H and O–H groups in total. The summed E-state index contributed by atoms with van der Waals surface area (Å²) in [6, 6.07) is 2.95. The third-order valence-electron chi connectivity index (χ3n) is 5.10. The molecule has 0 aliphatic carbocycles. The Morgan fingerprint density at radius 1 is 1.00 bits per heavy atom. The highest BCUT2D eigenvalue weighted by Gasteiger charge is 2.41. The molecular weight excluding hydrogens is 368 g/mol. The van der Waals surface area contributed by atoms with Crippen molar-refractivity contribution >= 4 is 21.9 Å². The zero-order valence-corrected chi connectivity index (χ0v) is 15.3. The standard InChI is InChI=1S/C20H16O8/c1-23-10-7-11-13(8-4-5-26-20(8)27-11)18-15(10)16(22)14-9(21)6-12(24-2)17(25-3)19(14)28-18/h4-8,20-21H,1-3H3/t8?,20-/m1/s1. The van der Waals surface area contributed by atoms with Gasteiger partial charge in [-0.2, -0.15) is 0 Å². The molecule has 8 heteroatoms. The van der Waals surface area contributed by atoms with Crippen molar-refractivity contribution < 1.29 is 33.2 Å². The number of phenols is 1. The Balaban J connectivity index is 2.00. The fourth-order valence-electron chi connectivity index (χ4n) is 3.86. The van der Waals surface area contributed by atoms with Crippen molar-refractivity contribution in [3.05, 3.63) is 40.3 Å². The minimum atomic E-state index is -0.521.